The Morgan fingerprint density at radius 2 is 1.78 bits per heavy atom. The molecule has 0 atom stereocenters. The fraction of sp³-hybridized carbons (Fsp3) is 0.0556. The van der Waals surface area contributed by atoms with Gasteiger partial charge in [0.1, 0.15) is 12.1 Å². The molecule has 9 nitrogen and oxygen atoms in total. The summed E-state index contributed by atoms with van der Waals surface area (Å²) >= 11 is 5.90. The molecular formula is C18H11ClF4N6O3. The summed E-state index contributed by atoms with van der Waals surface area (Å²) in [4.78, 5) is 30.1. The number of benzene rings is 2. The third-order valence-corrected chi connectivity index (χ3v) is 4.29. The molecule has 14 heteroatoms. The van der Waals surface area contributed by atoms with Crippen LogP contribution < -0.4 is 16.2 Å². The molecule has 0 spiro atoms. The Morgan fingerprint density at radius 3 is 2.44 bits per heavy atom. The zero-order valence-electron chi connectivity index (χ0n) is 15.6. The van der Waals surface area contributed by atoms with Crippen LogP contribution >= 0.6 is 11.6 Å². The van der Waals surface area contributed by atoms with Gasteiger partial charge in [-0.25, -0.2) is 14.4 Å². The second-order valence-electron chi connectivity index (χ2n) is 6.05. The van der Waals surface area contributed by atoms with Crippen molar-refractivity contribution in [3.8, 4) is 0 Å². The van der Waals surface area contributed by atoms with Crippen molar-refractivity contribution in [1.29, 1.82) is 0 Å². The van der Waals surface area contributed by atoms with E-state index in [1.165, 1.54) is 18.2 Å². The number of hydrazine groups is 1. The minimum atomic E-state index is -4.68. The van der Waals surface area contributed by atoms with E-state index in [0.29, 0.717) is 6.07 Å². The predicted octanol–water partition coefficient (Wildman–Crippen LogP) is 4.70. The lowest BCUT2D eigenvalue weighted by Crippen LogP contribution is -2.31. The Hall–Kier alpha value is -4.00. The highest BCUT2D eigenvalue weighted by molar-refractivity contribution is 6.33. The van der Waals surface area contributed by atoms with Crippen LogP contribution in [0.15, 0.2) is 48.8 Å². The summed E-state index contributed by atoms with van der Waals surface area (Å²) in [6.45, 7) is 0. The number of halogens is 5. The third kappa shape index (κ3) is 5.00. The van der Waals surface area contributed by atoms with Gasteiger partial charge >= 0.3 is 11.9 Å². The number of anilines is 3. The lowest BCUT2D eigenvalue weighted by atomic mass is 10.2. The number of nitrogens with zero attached hydrogens (tertiary/aromatic N) is 3. The van der Waals surface area contributed by atoms with Crippen LogP contribution in [0, 0.1) is 15.9 Å². The number of amides is 1. The molecule has 3 rings (SSSR count). The van der Waals surface area contributed by atoms with Crippen LogP contribution in [0.1, 0.15) is 15.9 Å². The van der Waals surface area contributed by atoms with E-state index in [-0.39, 0.29) is 16.3 Å². The van der Waals surface area contributed by atoms with E-state index in [1.54, 1.807) is 0 Å². The van der Waals surface area contributed by atoms with Gasteiger partial charge in [-0.15, -0.1) is 0 Å². The number of hydrogen-bond acceptors (Lipinski definition) is 7. The highest BCUT2D eigenvalue weighted by Crippen LogP contribution is 2.37. The number of hydrogen-bond donors (Lipinski definition) is 3. The van der Waals surface area contributed by atoms with Crippen molar-refractivity contribution < 1.29 is 27.3 Å². The molecule has 0 saturated carbocycles. The molecule has 0 aliphatic rings. The monoisotopic (exact) mass is 470 g/mol. The van der Waals surface area contributed by atoms with Crippen molar-refractivity contribution in [1.82, 2.24) is 15.4 Å². The van der Waals surface area contributed by atoms with Gasteiger partial charge in [0.05, 0.1) is 26.8 Å². The number of carbonyl (C=O) groups excluding carboxylic acids is 1. The van der Waals surface area contributed by atoms with Crippen molar-refractivity contribution >= 4 is 40.5 Å². The molecule has 0 radical (unpaired) electrons. The number of nitrogens with one attached hydrogen (secondary N) is 3. The van der Waals surface area contributed by atoms with E-state index in [4.69, 9.17) is 11.6 Å². The second-order valence-corrected chi connectivity index (χ2v) is 6.46. The molecule has 1 heterocycles. The molecule has 0 unspecified atom stereocenters. The van der Waals surface area contributed by atoms with E-state index >= 15 is 0 Å². The fourth-order valence-corrected chi connectivity index (χ4v) is 2.65. The first-order chi connectivity index (χ1) is 15.1. The molecule has 3 aromatic rings. The van der Waals surface area contributed by atoms with Crippen molar-refractivity contribution in [3.63, 3.8) is 0 Å². The molecule has 0 saturated heterocycles. The molecular weight excluding hydrogens is 460 g/mol. The maximum atomic E-state index is 13.7. The average Bonchev–Trinajstić information content (AvgIpc) is 2.73. The third-order valence-electron chi connectivity index (χ3n) is 3.96. The van der Waals surface area contributed by atoms with E-state index in [0.717, 1.165) is 24.5 Å². The average molecular weight is 471 g/mol. The van der Waals surface area contributed by atoms with Gasteiger partial charge < -0.3 is 5.32 Å². The van der Waals surface area contributed by atoms with Gasteiger partial charge in [0.25, 0.3) is 5.91 Å². The Kier molecular flexibility index (Phi) is 6.39. The zero-order chi connectivity index (χ0) is 23.5. The maximum absolute atomic E-state index is 13.7. The van der Waals surface area contributed by atoms with Crippen molar-refractivity contribution in [2.45, 2.75) is 6.18 Å². The van der Waals surface area contributed by atoms with Crippen LogP contribution in [0.3, 0.4) is 0 Å². The van der Waals surface area contributed by atoms with E-state index in [2.05, 4.69) is 26.1 Å². The molecule has 0 aliphatic carbocycles. The summed E-state index contributed by atoms with van der Waals surface area (Å²) < 4.78 is 52.6. The maximum Gasteiger partial charge on any atom is 0.416 e. The molecule has 0 fully saturated rings. The van der Waals surface area contributed by atoms with E-state index in [9.17, 15) is 32.5 Å². The number of nitro groups is 1. The molecule has 0 aliphatic heterocycles. The summed E-state index contributed by atoms with van der Waals surface area (Å²) in [5.74, 6) is -2.80. The Morgan fingerprint density at radius 1 is 1.09 bits per heavy atom. The first-order valence-corrected chi connectivity index (χ1v) is 8.89. The van der Waals surface area contributed by atoms with Crippen LogP contribution in [-0.4, -0.2) is 20.8 Å². The van der Waals surface area contributed by atoms with E-state index < -0.39 is 45.7 Å². The molecule has 32 heavy (non-hydrogen) atoms. The Balaban J connectivity index is 1.90. The van der Waals surface area contributed by atoms with Crippen molar-refractivity contribution in [2.75, 3.05) is 10.7 Å². The summed E-state index contributed by atoms with van der Waals surface area (Å²) in [6.07, 6.45) is -3.82. The largest absolute Gasteiger partial charge is 0.416 e. The molecule has 0 bridgehead atoms. The van der Waals surface area contributed by atoms with Gasteiger partial charge in [-0.05, 0) is 30.3 Å². The van der Waals surface area contributed by atoms with Crippen molar-refractivity contribution in [3.05, 3.63) is 80.9 Å². The van der Waals surface area contributed by atoms with Crippen LogP contribution in [-0.2, 0) is 6.18 Å². The van der Waals surface area contributed by atoms with Gasteiger partial charge in [0, 0.05) is 0 Å². The van der Waals surface area contributed by atoms with Crippen LogP contribution in [0.5, 0.6) is 0 Å². The topological polar surface area (TPSA) is 122 Å². The summed E-state index contributed by atoms with van der Waals surface area (Å²) in [5, 5.41) is 13.8. The summed E-state index contributed by atoms with van der Waals surface area (Å²) in [6, 6.07) is 7.37. The first kappa shape index (κ1) is 22.7. The zero-order valence-corrected chi connectivity index (χ0v) is 16.3. The number of aromatic nitrogens is 2. The Bertz CT molecular complexity index is 1190. The molecule has 1 amide bonds. The van der Waals surface area contributed by atoms with E-state index in [1.807, 2.05) is 0 Å². The van der Waals surface area contributed by atoms with Crippen LogP contribution in [0.4, 0.5) is 40.6 Å². The van der Waals surface area contributed by atoms with Gasteiger partial charge in [0.2, 0.25) is 11.6 Å². The van der Waals surface area contributed by atoms with Gasteiger partial charge in [-0.2, -0.15) is 13.2 Å². The van der Waals surface area contributed by atoms with Gasteiger partial charge in [0.15, 0.2) is 0 Å². The molecule has 2 aromatic carbocycles. The number of carbonyl (C=O) groups is 1. The van der Waals surface area contributed by atoms with Crippen LogP contribution in [0.2, 0.25) is 5.02 Å². The quantitative estimate of drug-likeness (QED) is 0.271. The highest BCUT2D eigenvalue weighted by atomic mass is 35.5. The molecule has 3 N–H and O–H groups in total. The lowest BCUT2D eigenvalue weighted by molar-refractivity contribution is -0.383. The standard InChI is InChI=1S/C18H11ClF4N6O3/c19-11-6-5-9(18(21,22)23)7-13(11)26-15-14(29(31)32)16(25-8-24-15)27-28-17(30)10-3-1-2-4-12(10)20/h1-8H,(H,28,30)(H2,24,25,26,27). The van der Waals surface area contributed by atoms with Gasteiger partial charge in [-0.3, -0.25) is 25.8 Å². The smallest absolute Gasteiger partial charge is 0.333 e. The first-order valence-electron chi connectivity index (χ1n) is 8.52. The minimum absolute atomic E-state index is 0.159. The van der Waals surface area contributed by atoms with Crippen molar-refractivity contribution in [2.24, 2.45) is 0 Å². The molecule has 1 aromatic heterocycles. The predicted molar refractivity (Wildman–Crippen MR) is 106 cm³/mol. The SMILES string of the molecule is O=C(NNc1ncnc(Nc2cc(C(F)(F)F)ccc2Cl)c1[N+](=O)[O-])c1ccccc1F. The number of alkyl halides is 3. The second kappa shape index (κ2) is 9.01. The number of rotatable bonds is 6. The molecule has 166 valence electrons. The summed E-state index contributed by atoms with van der Waals surface area (Å²) in [5.41, 5.74) is 1.74. The lowest BCUT2D eigenvalue weighted by Gasteiger charge is -2.13. The fourth-order valence-electron chi connectivity index (χ4n) is 2.49. The highest BCUT2D eigenvalue weighted by Gasteiger charge is 2.31. The normalized spacial score (nSPS) is 11.0. The van der Waals surface area contributed by atoms with Crippen LogP contribution in [0.25, 0.3) is 0 Å². The Labute approximate surface area is 181 Å². The summed E-state index contributed by atoms with van der Waals surface area (Å²) in [7, 11) is 0. The minimum Gasteiger partial charge on any atom is -0.333 e. The van der Waals surface area contributed by atoms with Gasteiger partial charge in [-0.1, -0.05) is 23.7 Å².